The number of benzene rings is 1. The van der Waals surface area contributed by atoms with Crippen LogP contribution in [0.3, 0.4) is 0 Å². The number of nitrogens with zero attached hydrogens (tertiary/aromatic N) is 2. The Balaban J connectivity index is 1.81. The predicted octanol–water partition coefficient (Wildman–Crippen LogP) is 2.06. The molecule has 0 atom stereocenters. The van der Waals surface area contributed by atoms with Crippen molar-refractivity contribution in [1.82, 2.24) is 9.80 Å². The zero-order valence-corrected chi connectivity index (χ0v) is 16.6. The quantitative estimate of drug-likeness (QED) is 0.800. The minimum absolute atomic E-state index is 0.0559. The van der Waals surface area contributed by atoms with Crippen LogP contribution in [0.15, 0.2) is 24.3 Å². The molecule has 0 aliphatic carbocycles. The molecule has 5 nitrogen and oxygen atoms in total. The third-order valence-electron chi connectivity index (χ3n) is 4.64. The maximum absolute atomic E-state index is 12.1. The van der Waals surface area contributed by atoms with Crippen LogP contribution < -0.4 is 0 Å². The zero-order chi connectivity index (χ0) is 18.7. The fourth-order valence-electron chi connectivity index (χ4n) is 2.95. The first kappa shape index (κ1) is 19.9. The summed E-state index contributed by atoms with van der Waals surface area (Å²) in [7, 11) is -3.08. The third kappa shape index (κ3) is 6.44. The van der Waals surface area contributed by atoms with Crippen LogP contribution in [-0.4, -0.2) is 62.3 Å². The lowest BCUT2D eigenvalue weighted by atomic mass is 9.87. The fourth-order valence-corrected chi connectivity index (χ4v) is 3.50. The van der Waals surface area contributed by atoms with Gasteiger partial charge >= 0.3 is 0 Å². The van der Waals surface area contributed by atoms with E-state index in [0.29, 0.717) is 13.1 Å². The molecule has 0 saturated carbocycles. The van der Waals surface area contributed by atoms with Gasteiger partial charge in [-0.25, -0.2) is 8.42 Å². The topological polar surface area (TPSA) is 57.7 Å². The van der Waals surface area contributed by atoms with E-state index in [1.54, 1.807) is 4.90 Å². The minimum atomic E-state index is -3.08. The molecule has 1 aromatic rings. The predicted molar refractivity (Wildman–Crippen MR) is 101 cm³/mol. The Morgan fingerprint density at radius 3 is 2.08 bits per heavy atom. The Hall–Kier alpha value is -1.40. The summed E-state index contributed by atoms with van der Waals surface area (Å²) in [5.74, 6) is -0.119. The van der Waals surface area contributed by atoms with E-state index >= 15 is 0 Å². The summed E-state index contributed by atoms with van der Waals surface area (Å²) in [6.45, 7) is 10.5. The van der Waals surface area contributed by atoms with E-state index in [2.05, 4.69) is 49.9 Å². The Morgan fingerprint density at radius 1 is 1.04 bits per heavy atom. The summed E-state index contributed by atoms with van der Waals surface area (Å²) in [5.41, 5.74) is 2.78. The number of carbonyl (C=O) groups is 1. The van der Waals surface area contributed by atoms with Crippen LogP contribution in [0, 0.1) is 0 Å². The SMILES string of the molecule is CC(C)(C)c1ccc(CN2CCN(C(=O)CCS(C)(=O)=O)CC2)cc1. The summed E-state index contributed by atoms with van der Waals surface area (Å²) in [6.07, 6.45) is 1.26. The van der Waals surface area contributed by atoms with Crippen molar-refractivity contribution in [2.45, 2.75) is 39.2 Å². The highest BCUT2D eigenvalue weighted by atomic mass is 32.2. The first-order valence-electron chi connectivity index (χ1n) is 8.82. The van der Waals surface area contributed by atoms with Crippen LogP contribution in [0.1, 0.15) is 38.3 Å². The molecule has 6 heteroatoms. The van der Waals surface area contributed by atoms with Crippen molar-refractivity contribution in [3.05, 3.63) is 35.4 Å². The lowest BCUT2D eigenvalue weighted by Crippen LogP contribution is -2.48. The Labute approximate surface area is 151 Å². The Morgan fingerprint density at radius 2 is 1.60 bits per heavy atom. The van der Waals surface area contributed by atoms with Gasteiger partial charge in [-0.05, 0) is 16.5 Å². The van der Waals surface area contributed by atoms with Crippen molar-refractivity contribution < 1.29 is 13.2 Å². The molecule has 0 radical (unpaired) electrons. The summed E-state index contributed by atoms with van der Waals surface area (Å²) >= 11 is 0. The highest BCUT2D eigenvalue weighted by Gasteiger charge is 2.22. The van der Waals surface area contributed by atoms with E-state index in [-0.39, 0.29) is 23.5 Å². The molecule has 0 unspecified atom stereocenters. The molecule has 1 amide bonds. The second kappa shape index (κ2) is 7.87. The van der Waals surface area contributed by atoms with Crippen molar-refractivity contribution in [2.24, 2.45) is 0 Å². The lowest BCUT2D eigenvalue weighted by Gasteiger charge is -2.35. The van der Waals surface area contributed by atoms with Gasteiger partial charge in [0.05, 0.1) is 5.75 Å². The van der Waals surface area contributed by atoms with Crippen molar-refractivity contribution in [2.75, 3.05) is 38.2 Å². The van der Waals surface area contributed by atoms with Crippen molar-refractivity contribution in [3.8, 4) is 0 Å². The van der Waals surface area contributed by atoms with E-state index in [0.717, 1.165) is 19.6 Å². The van der Waals surface area contributed by atoms with Gasteiger partial charge in [-0.3, -0.25) is 9.69 Å². The van der Waals surface area contributed by atoms with Gasteiger partial charge in [-0.1, -0.05) is 45.0 Å². The molecule has 0 spiro atoms. The summed E-state index contributed by atoms with van der Waals surface area (Å²) in [4.78, 5) is 16.2. The Kier molecular flexibility index (Phi) is 6.27. The van der Waals surface area contributed by atoms with E-state index < -0.39 is 9.84 Å². The molecule has 1 aliphatic rings. The van der Waals surface area contributed by atoms with Gasteiger partial charge in [-0.2, -0.15) is 0 Å². The van der Waals surface area contributed by atoms with Gasteiger partial charge < -0.3 is 4.90 Å². The number of piperazine rings is 1. The molecule has 1 aromatic carbocycles. The smallest absolute Gasteiger partial charge is 0.223 e. The van der Waals surface area contributed by atoms with Gasteiger partial charge in [0, 0.05) is 45.4 Å². The number of sulfone groups is 1. The number of amides is 1. The van der Waals surface area contributed by atoms with Crippen molar-refractivity contribution in [1.29, 1.82) is 0 Å². The van der Waals surface area contributed by atoms with E-state index in [4.69, 9.17) is 0 Å². The molecule has 1 aliphatic heterocycles. The van der Waals surface area contributed by atoms with Crippen LogP contribution >= 0.6 is 0 Å². The largest absolute Gasteiger partial charge is 0.340 e. The first-order valence-corrected chi connectivity index (χ1v) is 10.9. The number of rotatable bonds is 5. The number of hydrogen-bond donors (Lipinski definition) is 0. The van der Waals surface area contributed by atoms with Crippen LogP contribution in [0.4, 0.5) is 0 Å². The molecule has 25 heavy (non-hydrogen) atoms. The minimum Gasteiger partial charge on any atom is -0.340 e. The first-order chi connectivity index (χ1) is 11.5. The van der Waals surface area contributed by atoms with E-state index in [1.165, 1.54) is 17.4 Å². The van der Waals surface area contributed by atoms with Crippen molar-refractivity contribution in [3.63, 3.8) is 0 Å². The fraction of sp³-hybridized carbons (Fsp3) is 0.632. The van der Waals surface area contributed by atoms with Gasteiger partial charge in [0.15, 0.2) is 0 Å². The average Bonchev–Trinajstić information content (AvgIpc) is 2.52. The second-order valence-corrected chi connectivity index (χ2v) is 10.2. The maximum atomic E-state index is 12.1. The van der Waals surface area contributed by atoms with Crippen LogP contribution in [0.5, 0.6) is 0 Å². The maximum Gasteiger partial charge on any atom is 0.223 e. The van der Waals surface area contributed by atoms with Crippen molar-refractivity contribution >= 4 is 15.7 Å². The van der Waals surface area contributed by atoms with Gasteiger partial charge in [0.1, 0.15) is 9.84 Å². The molecule has 0 aromatic heterocycles. The molecule has 140 valence electrons. The molecule has 2 rings (SSSR count). The summed E-state index contributed by atoms with van der Waals surface area (Å²) in [6, 6.07) is 8.76. The van der Waals surface area contributed by atoms with Gasteiger partial charge in [0.2, 0.25) is 5.91 Å². The van der Waals surface area contributed by atoms with Gasteiger partial charge in [0.25, 0.3) is 0 Å². The molecule has 1 heterocycles. The highest BCUT2D eigenvalue weighted by Crippen LogP contribution is 2.22. The molecular formula is C19H30N2O3S. The van der Waals surface area contributed by atoms with E-state index in [9.17, 15) is 13.2 Å². The standard InChI is InChI=1S/C19H30N2O3S/c1-19(2,3)17-7-5-16(6-8-17)15-20-10-12-21(13-11-20)18(22)9-14-25(4,23)24/h5-8H,9-15H2,1-4H3. The molecular weight excluding hydrogens is 336 g/mol. The van der Waals surface area contributed by atoms with E-state index in [1.807, 2.05) is 0 Å². The molecule has 1 saturated heterocycles. The van der Waals surface area contributed by atoms with Crippen LogP contribution in [0.25, 0.3) is 0 Å². The number of carbonyl (C=O) groups excluding carboxylic acids is 1. The molecule has 1 fully saturated rings. The summed E-state index contributed by atoms with van der Waals surface area (Å²) in [5, 5.41) is 0. The molecule has 0 N–H and O–H groups in total. The second-order valence-electron chi connectivity index (χ2n) is 7.98. The normalized spacial score (nSPS) is 16.9. The van der Waals surface area contributed by atoms with Gasteiger partial charge in [-0.15, -0.1) is 0 Å². The third-order valence-corrected chi connectivity index (χ3v) is 5.58. The lowest BCUT2D eigenvalue weighted by molar-refractivity contribution is -0.132. The zero-order valence-electron chi connectivity index (χ0n) is 15.8. The van der Waals surface area contributed by atoms with Crippen LogP contribution in [-0.2, 0) is 26.6 Å². The highest BCUT2D eigenvalue weighted by molar-refractivity contribution is 7.90. The van der Waals surface area contributed by atoms with Crippen LogP contribution in [0.2, 0.25) is 0 Å². The number of hydrogen-bond acceptors (Lipinski definition) is 4. The monoisotopic (exact) mass is 366 g/mol. The molecule has 0 bridgehead atoms. The average molecular weight is 367 g/mol. The summed E-state index contributed by atoms with van der Waals surface area (Å²) < 4.78 is 22.4. The Bertz CT molecular complexity index is 682.